The SMILES string of the molecule is Nc1cccc(OCC=C=O)c1. The Balaban J connectivity index is 2.57. The van der Waals surface area contributed by atoms with Crippen LogP contribution in [0.25, 0.3) is 0 Å². The third kappa shape index (κ3) is 2.48. The summed E-state index contributed by atoms with van der Waals surface area (Å²) in [5, 5.41) is 0. The zero-order valence-corrected chi connectivity index (χ0v) is 6.49. The maximum absolute atomic E-state index is 9.78. The summed E-state index contributed by atoms with van der Waals surface area (Å²) < 4.78 is 5.13. The molecular weight excluding hydrogens is 154 g/mol. The third-order valence-corrected chi connectivity index (χ3v) is 1.27. The van der Waals surface area contributed by atoms with Crippen LogP contribution < -0.4 is 10.5 Å². The number of anilines is 1. The van der Waals surface area contributed by atoms with E-state index in [4.69, 9.17) is 10.5 Å². The number of nitrogens with two attached hydrogens (primary N) is 1. The first-order valence-corrected chi connectivity index (χ1v) is 3.50. The summed E-state index contributed by atoms with van der Waals surface area (Å²) in [6, 6.07) is 7.02. The van der Waals surface area contributed by atoms with Crippen LogP contribution in [-0.4, -0.2) is 12.5 Å². The minimum Gasteiger partial charge on any atom is -0.489 e. The number of nitrogen functional groups attached to an aromatic ring is 1. The van der Waals surface area contributed by atoms with Gasteiger partial charge in [-0.2, -0.15) is 0 Å². The summed E-state index contributed by atoms with van der Waals surface area (Å²) >= 11 is 0. The second kappa shape index (κ2) is 4.21. The van der Waals surface area contributed by atoms with Crippen molar-refractivity contribution in [2.45, 2.75) is 0 Å². The van der Waals surface area contributed by atoms with E-state index in [9.17, 15) is 4.79 Å². The minimum atomic E-state index is 0.229. The summed E-state index contributed by atoms with van der Waals surface area (Å²) in [6.07, 6.45) is 1.27. The molecule has 0 heterocycles. The molecule has 12 heavy (non-hydrogen) atoms. The molecule has 0 unspecified atom stereocenters. The molecule has 0 radical (unpaired) electrons. The Bertz CT molecular complexity index is 303. The van der Waals surface area contributed by atoms with Crippen LogP contribution in [0, 0.1) is 0 Å². The van der Waals surface area contributed by atoms with Crippen LogP contribution in [0.4, 0.5) is 5.69 Å². The molecule has 0 aliphatic heterocycles. The van der Waals surface area contributed by atoms with E-state index in [1.54, 1.807) is 30.2 Å². The number of hydrogen-bond acceptors (Lipinski definition) is 3. The summed E-state index contributed by atoms with van der Waals surface area (Å²) in [7, 11) is 0. The molecular formula is C9H9NO2. The van der Waals surface area contributed by atoms with Gasteiger partial charge in [0.15, 0.2) is 0 Å². The highest BCUT2D eigenvalue weighted by molar-refractivity contribution is 5.46. The van der Waals surface area contributed by atoms with Crippen molar-refractivity contribution >= 4 is 11.6 Å². The van der Waals surface area contributed by atoms with E-state index in [2.05, 4.69) is 0 Å². The van der Waals surface area contributed by atoms with Crippen molar-refractivity contribution < 1.29 is 9.53 Å². The monoisotopic (exact) mass is 163 g/mol. The average Bonchev–Trinajstić information content (AvgIpc) is 2.05. The van der Waals surface area contributed by atoms with Gasteiger partial charge < -0.3 is 10.5 Å². The van der Waals surface area contributed by atoms with Crippen LogP contribution in [0.1, 0.15) is 0 Å². The van der Waals surface area contributed by atoms with Gasteiger partial charge >= 0.3 is 0 Å². The number of rotatable bonds is 3. The van der Waals surface area contributed by atoms with Gasteiger partial charge in [0.1, 0.15) is 18.3 Å². The summed E-state index contributed by atoms with van der Waals surface area (Å²) in [5.41, 5.74) is 6.14. The highest BCUT2D eigenvalue weighted by Crippen LogP contribution is 2.13. The maximum atomic E-state index is 9.78. The van der Waals surface area contributed by atoms with Gasteiger partial charge in [-0.1, -0.05) is 6.07 Å². The molecule has 0 fully saturated rings. The Morgan fingerprint density at radius 3 is 3.08 bits per heavy atom. The molecule has 62 valence electrons. The molecule has 3 nitrogen and oxygen atoms in total. The highest BCUT2D eigenvalue weighted by atomic mass is 16.5. The van der Waals surface area contributed by atoms with Gasteiger partial charge in [0.25, 0.3) is 0 Å². The number of ether oxygens (including phenoxy) is 1. The molecule has 0 saturated heterocycles. The fraction of sp³-hybridized carbons (Fsp3) is 0.111. The maximum Gasteiger partial charge on any atom is 0.123 e. The van der Waals surface area contributed by atoms with Crippen molar-refractivity contribution in [2.24, 2.45) is 0 Å². The molecule has 0 spiro atoms. The lowest BCUT2D eigenvalue weighted by Gasteiger charge is -2.01. The largest absolute Gasteiger partial charge is 0.489 e. The van der Waals surface area contributed by atoms with Crippen molar-refractivity contribution in [3.05, 3.63) is 30.3 Å². The lowest BCUT2D eigenvalue weighted by atomic mass is 10.3. The Hall–Kier alpha value is -1.73. The predicted molar refractivity (Wildman–Crippen MR) is 46.6 cm³/mol. The lowest BCUT2D eigenvalue weighted by molar-refractivity contribution is 0.363. The van der Waals surface area contributed by atoms with Gasteiger partial charge in [0, 0.05) is 17.8 Å². The Morgan fingerprint density at radius 2 is 2.42 bits per heavy atom. The molecule has 0 aromatic heterocycles. The van der Waals surface area contributed by atoms with Crippen molar-refractivity contribution in [3.63, 3.8) is 0 Å². The molecule has 1 rings (SSSR count). The zero-order valence-electron chi connectivity index (χ0n) is 6.49. The molecule has 0 aliphatic carbocycles. The highest BCUT2D eigenvalue weighted by Gasteiger charge is 1.90. The van der Waals surface area contributed by atoms with E-state index in [0.717, 1.165) is 0 Å². The van der Waals surface area contributed by atoms with E-state index in [1.165, 1.54) is 6.08 Å². The van der Waals surface area contributed by atoms with Crippen molar-refractivity contribution in [1.29, 1.82) is 0 Å². The molecule has 0 atom stereocenters. The fourth-order valence-electron chi connectivity index (χ4n) is 0.776. The molecule has 3 heteroatoms. The van der Waals surface area contributed by atoms with E-state index < -0.39 is 0 Å². The van der Waals surface area contributed by atoms with Gasteiger partial charge in [0.2, 0.25) is 0 Å². The first kappa shape index (κ1) is 8.37. The van der Waals surface area contributed by atoms with Crippen LogP contribution in [0.3, 0.4) is 0 Å². The molecule has 0 aliphatic rings. The van der Waals surface area contributed by atoms with E-state index >= 15 is 0 Å². The van der Waals surface area contributed by atoms with Crippen molar-refractivity contribution in [3.8, 4) is 5.75 Å². The van der Waals surface area contributed by atoms with Gasteiger partial charge in [0.05, 0.1) is 0 Å². The van der Waals surface area contributed by atoms with Crippen molar-refractivity contribution in [2.75, 3.05) is 12.3 Å². The molecule has 2 N–H and O–H groups in total. The first-order chi connectivity index (χ1) is 5.83. The first-order valence-electron chi connectivity index (χ1n) is 3.50. The lowest BCUT2D eigenvalue weighted by Crippen LogP contribution is -1.94. The van der Waals surface area contributed by atoms with Crippen LogP contribution >= 0.6 is 0 Å². The fourth-order valence-corrected chi connectivity index (χ4v) is 0.776. The molecule has 1 aromatic rings. The summed E-state index contributed by atoms with van der Waals surface area (Å²) in [6.45, 7) is 0.229. The topological polar surface area (TPSA) is 52.3 Å². The van der Waals surface area contributed by atoms with Crippen LogP contribution in [0.5, 0.6) is 5.75 Å². The number of benzene rings is 1. The zero-order chi connectivity index (χ0) is 8.81. The van der Waals surface area contributed by atoms with Gasteiger partial charge in [-0.3, -0.25) is 0 Å². The van der Waals surface area contributed by atoms with Gasteiger partial charge in [-0.15, -0.1) is 0 Å². The number of carbonyl (C=O) groups excluding carboxylic acids is 1. The minimum absolute atomic E-state index is 0.229. The number of hydrogen-bond donors (Lipinski definition) is 1. The van der Waals surface area contributed by atoms with Crippen LogP contribution in [0.15, 0.2) is 30.3 Å². The van der Waals surface area contributed by atoms with Crippen LogP contribution in [0.2, 0.25) is 0 Å². The smallest absolute Gasteiger partial charge is 0.123 e. The van der Waals surface area contributed by atoms with Gasteiger partial charge in [-0.05, 0) is 12.1 Å². The molecule has 0 amide bonds. The van der Waals surface area contributed by atoms with E-state index in [0.29, 0.717) is 11.4 Å². The third-order valence-electron chi connectivity index (χ3n) is 1.27. The second-order valence-electron chi connectivity index (χ2n) is 2.21. The Labute approximate surface area is 70.5 Å². The Morgan fingerprint density at radius 1 is 1.58 bits per heavy atom. The molecule has 0 bridgehead atoms. The normalized spacial score (nSPS) is 8.67. The molecule has 1 aromatic carbocycles. The van der Waals surface area contributed by atoms with Crippen molar-refractivity contribution in [1.82, 2.24) is 0 Å². The molecule has 0 saturated carbocycles. The van der Waals surface area contributed by atoms with E-state index in [1.807, 2.05) is 0 Å². The Kier molecular flexibility index (Phi) is 2.94. The standard InChI is InChI=1S/C9H9NO2/c10-8-3-1-4-9(7-8)12-6-2-5-11/h1-4,7H,6,10H2. The average molecular weight is 163 g/mol. The van der Waals surface area contributed by atoms with Crippen LogP contribution in [-0.2, 0) is 4.79 Å². The summed E-state index contributed by atoms with van der Waals surface area (Å²) in [5.74, 6) is 2.28. The predicted octanol–water partition coefficient (Wildman–Crippen LogP) is 1.04. The quantitative estimate of drug-likeness (QED) is 0.535. The van der Waals surface area contributed by atoms with E-state index in [-0.39, 0.29) is 6.61 Å². The summed E-state index contributed by atoms with van der Waals surface area (Å²) in [4.78, 5) is 9.78. The van der Waals surface area contributed by atoms with Gasteiger partial charge in [-0.25, -0.2) is 4.79 Å². The second-order valence-corrected chi connectivity index (χ2v) is 2.21.